The summed E-state index contributed by atoms with van der Waals surface area (Å²) in [6.07, 6.45) is 3.02. The zero-order valence-corrected chi connectivity index (χ0v) is 15.6. The van der Waals surface area contributed by atoms with E-state index in [2.05, 4.69) is 10.4 Å². The number of aromatic hydroxyl groups is 1. The number of aromatic nitrogens is 2. The maximum Gasteiger partial charge on any atom is 0.268 e. The maximum absolute atomic E-state index is 12.9. The molecule has 25 heavy (non-hydrogen) atoms. The Kier molecular flexibility index (Phi) is 4.01. The van der Waals surface area contributed by atoms with Crippen molar-refractivity contribution in [1.29, 1.82) is 0 Å². The minimum absolute atomic E-state index is 0.183. The summed E-state index contributed by atoms with van der Waals surface area (Å²) in [6.45, 7) is 9.35. The van der Waals surface area contributed by atoms with Crippen molar-refractivity contribution in [3.63, 3.8) is 0 Å². The number of nitrogens with zero attached hydrogens (tertiary/aromatic N) is 2. The SMILES string of the molecule is Cc1nn(C)cc1NC(=O)C1(C)CCc2c(C)c(O)c(C)c(C)c2O1. The van der Waals surface area contributed by atoms with E-state index in [0.717, 1.165) is 33.7 Å². The van der Waals surface area contributed by atoms with Crippen LogP contribution >= 0.6 is 0 Å². The van der Waals surface area contributed by atoms with Gasteiger partial charge >= 0.3 is 0 Å². The van der Waals surface area contributed by atoms with Crippen LogP contribution in [0.1, 0.15) is 41.3 Å². The van der Waals surface area contributed by atoms with Gasteiger partial charge in [0, 0.05) is 25.2 Å². The van der Waals surface area contributed by atoms with E-state index in [1.807, 2.05) is 41.7 Å². The fourth-order valence-corrected chi connectivity index (χ4v) is 3.38. The average Bonchev–Trinajstić information content (AvgIpc) is 2.88. The van der Waals surface area contributed by atoms with Gasteiger partial charge in [-0.05, 0) is 57.7 Å². The molecule has 1 aliphatic rings. The second-order valence-electron chi connectivity index (χ2n) is 7.12. The number of aryl methyl sites for hydroxylation is 2. The summed E-state index contributed by atoms with van der Waals surface area (Å²) in [4.78, 5) is 12.9. The third-order valence-corrected chi connectivity index (χ3v) is 5.26. The number of phenols is 1. The highest BCUT2D eigenvalue weighted by Crippen LogP contribution is 2.43. The molecule has 1 aliphatic heterocycles. The number of hydrogen-bond acceptors (Lipinski definition) is 4. The monoisotopic (exact) mass is 343 g/mol. The fraction of sp³-hybridized carbons (Fsp3) is 0.474. The molecule has 1 amide bonds. The van der Waals surface area contributed by atoms with Crippen LogP contribution in [0.15, 0.2) is 6.20 Å². The first-order chi connectivity index (χ1) is 11.6. The second-order valence-corrected chi connectivity index (χ2v) is 7.12. The van der Waals surface area contributed by atoms with Gasteiger partial charge in [-0.1, -0.05) is 0 Å². The highest BCUT2D eigenvalue weighted by Gasteiger charge is 2.41. The van der Waals surface area contributed by atoms with Crippen molar-refractivity contribution in [3.8, 4) is 11.5 Å². The van der Waals surface area contributed by atoms with E-state index in [1.165, 1.54) is 0 Å². The van der Waals surface area contributed by atoms with Crippen LogP contribution in [0.2, 0.25) is 0 Å². The quantitative estimate of drug-likeness (QED) is 0.878. The molecule has 6 heteroatoms. The number of nitrogens with one attached hydrogen (secondary N) is 1. The van der Waals surface area contributed by atoms with Crippen molar-refractivity contribution >= 4 is 11.6 Å². The summed E-state index contributed by atoms with van der Waals surface area (Å²) < 4.78 is 7.87. The molecule has 1 atom stereocenters. The summed E-state index contributed by atoms with van der Waals surface area (Å²) in [5, 5.41) is 17.4. The highest BCUT2D eigenvalue weighted by molar-refractivity contribution is 5.98. The highest BCUT2D eigenvalue weighted by atomic mass is 16.5. The number of benzene rings is 1. The number of phenolic OH excluding ortho intramolecular Hbond substituents is 1. The normalized spacial score (nSPS) is 19.3. The van der Waals surface area contributed by atoms with Gasteiger partial charge in [-0.3, -0.25) is 9.48 Å². The van der Waals surface area contributed by atoms with Gasteiger partial charge in [0.15, 0.2) is 5.60 Å². The van der Waals surface area contributed by atoms with Gasteiger partial charge in [-0.2, -0.15) is 5.10 Å². The number of anilines is 1. The van der Waals surface area contributed by atoms with Gasteiger partial charge in [-0.25, -0.2) is 0 Å². The van der Waals surface area contributed by atoms with E-state index in [0.29, 0.717) is 24.3 Å². The zero-order valence-electron chi connectivity index (χ0n) is 15.6. The van der Waals surface area contributed by atoms with Crippen LogP contribution in [0.25, 0.3) is 0 Å². The number of carbonyl (C=O) groups excluding carboxylic acids is 1. The second kappa shape index (κ2) is 5.79. The number of ether oxygens (including phenoxy) is 1. The van der Waals surface area contributed by atoms with Crippen molar-refractivity contribution in [3.05, 3.63) is 34.1 Å². The number of carbonyl (C=O) groups is 1. The van der Waals surface area contributed by atoms with Crippen LogP contribution in [0.5, 0.6) is 11.5 Å². The summed E-state index contributed by atoms with van der Waals surface area (Å²) in [5.41, 5.74) is 4.00. The summed E-state index contributed by atoms with van der Waals surface area (Å²) >= 11 is 0. The van der Waals surface area contributed by atoms with Crippen molar-refractivity contribution in [2.45, 2.75) is 53.1 Å². The molecule has 2 aromatic rings. The molecule has 1 aromatic carbocycles. The fourth-order valence-electron chi connectivity index (χ4n) is 3.38. The van der Waals surface area contributed by atoms with Crippen LogP contribution in [-0.2, 0) is 18.3 Å². The minimum atomic E-state index is -0.962. The van der Waals surface area contributed by atoms with E-state index in [1.54, 1.807) is 10.9 Å². The van der Waals surface area contributed by atoms with Crippen LogP contribution < -0.4 is 10.1 Å². The Labute approximate surface area is 147 Å². The predicted octanol–water partition coefficient (Wildman–Crippen LogP) is 3.08. The first-order valence-corrected chi connectivity index (χ1v) is 8.46. The Morgan fingerprint density at radius 3 is 2.56 bits per heavy atom. The van der Waals surface area contributed by atoms with Crippen molar-refractivity contribution < 1.29 is 14.6 Å². The molecule has 0 fully saturated rings. The Balaban J connectivity index is 1.93. The lowest BCUT2D eigenvalue weighted by atomic mass is 9.86. The lowest BCUT2D eigenvalue weighted by molar-refractivity contribution is -0.131. The smallest absolute Gasteiger partial charge is 0.268 e. The molecule has 1 unspecified atom stereocenters. The Hall–Kier alpha value is -2.50. The molecule has 0 spiro atoms. The molecule has 0 bridgehead atoms. The number of hydrogen-bond donors (Lipinski definition) is 2. The first kappa shape index (κ1) is 17.3. The summed E-state index contributed by atoms with van der Waals surface area (Å²) in [6, 6.07) is 0. The van der Waals surface area contributed by atoms with E-state index >= 15 is 0 Å². The van der Waals surface area contributed by atoms with Gasteiger partial charge in [0.2, 0.25) is 0 Å². The molecule has 6 nitrogen and oxygen atoms in total. The van der Waals surface area contributed by atoms with Crippen LogP contribution in [-0.4, -0.2) is 26.4 Å². The standard InChI is InChI=1S/C19H25N3O3/c1-10-11(2)17-14(12(3)16(10)23)7-8-19(5,25-17)18(24)20-15-9-22(6)21-13(15)4/h9,23H,7-8H2,1-6H3,(H,20,24). The van der Waals surface area contributed by atoms with Crippen molar-refractivity contribution in [1.82, 2.24) is 9.78 Å². The lowest BCUT2D eigenvalue weighted by Crippen LogP contribution is -2.48. The number of fused-ring (bicyclic) bond motifs is 1. The largest absolute Gasteiger partial charge is 0.507 e. The molecule has 1 aromatic heterocycles. The maximum atomic E-state index is 12.9. The third-order valence-electron chi connectivity index (χ3n) is 5.26. The zero-order chi connectivity index (χ0) is 18.5. The molecule has 2 heterocycles. The molecule has 0 radical (unpaired) electrons. The van der Waals surface area contributed by atoms with Crippen LogP contribution in [0.3, 0.4) is 0 Å². The predicted molar refractivity (Wildman–Crippen MR) is 96.2 cm³/mol. The molecule has 0 saturated carbocycles. The van der Waals surface area contributed by atoms with Gasteiger partial charge in [0.1, 0.15) is 11.5 Å². The van der Waals surface area contributed by atoms with E-state index in [4.69, 9.17) is 4.74 Å². The van der Waals surface area contributed by atoms with E-state index in [-0.39, 0.29) is 5.91 Å². The molecule has 0 aliphatic carbocycles. The van der Waals surface area contributed by atoms with Gasteiger partial charge in [0.05, 0.1) is 11.4 Å². The molecule has 134 valence electrons. The van der Waals surface area contributed by atoms with Crippen molar-refractivity contribution in [2.75, 3.05) is 5.32 Å². The summed E-state index contributed by atoms with van der Waals surface area (Å²) in [7, 11) is 1.82. The minimum Gasteiger partial charge on any atom is -0.507 e. The van der Waals surface area contributed by atoms with Crippen LogP contribution in [0, 0.1) is 27.7 Å². The Morgan fingerprint density at radius 2 is 1.96 bits per heavy atom. The molecule has 3 rings (SSSR count). The number of rotatable bonds is 2. The molecule has 0 saturated heterocycles. The Bertz CT molecular complexity index is 870. The molecule has 2 N–H and O–H groups in total. The average molecular weight is 343 g/mol. The van der Waals surface area contributed by atoms with E-state index < -0.39 is 5.60 Å². The Morgan fingerprint density at radius 1 is 1.28 bits per heavy atom. The van der Waals surface area contributed by atoms with Crippen LogP contribution in [0.4, 0.5) is 5.69 Å². The third kappa shape index (κ3) is 2.75. The molecular formula is C19H25N3O3. The van der Waals surface area contributed by atoms with Gasteiger partial charge in [-0.15, -0.1) is 0 Å². The molecular weight excluding hydrogens is 318 g/mol. The number of amides is 1. The van der Waals surface area contributed by atoms with Crippen molar-refractivity contribution in [2.24, 2.45) is 7.05 Å². The topological polar surface area (TPSA) is 76.4 Å². The van der Waals surface area contributed by atoms with Gasteiger partial charge < -0.3 is 15.2 Å². The summed E-state index contributed by atoms with van der Waals surface area (Å²) in [5.74, 6) is 0.857. The van der Waals surface area contributed by atoms with Gasteiger partial charge in [0.25, 0.3) is 5.91 Å². The lowest BCUT2D eigenvalue weighted by Gasteiger charge is -2.36. The first-order valence-electron chi connectivity index (χ1n) is 8.46. The van der Waals surface area contributed by atoms with E-state index in [9.17, 15) is 9.90 Å².